The van der Waals surface area contributed by atoms with Crippen molar-refractivity contribution in [2.45, 2.75) is 39.7 Å². The van der Waals surface area contributed by atoms with Gasteiger partial charge >= 0.3 is 0 Å². The highest BCUT2D eigenvalue weighted by atomic mass is 16.1. The van der Waals surface area contributed by atoms with E-state index in [2.05, 4.69) is 66.5 Å². The minimum atomic E-state index is 0.0250. The van der Waals surface area contributed by atoms with Crippen LogP contribution in [0.1, 0.15) is 48.2 Å². The molecule has 27 heavy (non-hydrogen) atoms. The van der Waals surface area contributed by atoms with Crippen LogP contribution in [0.25, 0.3) is 0 Å². The maximum Gasteiger partial charge on any atom is 0.251 e. The summed E-state index contributed by atoms with van der Waals surface area (Å²) in [5, 5.41) is 2.97. The number of amides is 1. The van der Waals surface area contributed by atoms with Gasteiger partial charge in [0, 0.05) is 18.7 Å². The second-order valence-electron chi connectivity index (χ2n) is 8.21. The maximum atomic E-state index is 12.1. The summed E-state index contributed by atoms with van der Waals surface area (Å²) in [7, 11) is 0. The molecule has 0 atom stereocenters. The molecule has 1 fully saturated rings. The Bertz CT molecular complexity index is 701. The first kappa shape index (κ1) is 19.6. The minimum Gasteiger partial charge on any atom is -0.352 e. The van der Waals surface area contributed by atoms with Crippen LogP contribution in [-0.4, -0.2) is 30.4 Å². The monoisotopic (exact) mass is 364 g/mol. The van der Waals surface area contributed by atoms with Gasteiger partial charge in [-0.3, -0.25) is 9.69 Å². The summed E-state index contributed by atoms with van der Waals surface area (Å²) < 4.78 is 0. The van der Waals surface area contributed by atoms with Gasteiger partial charge in [0.05, 0.1) is 0 Å². The second kappa shape index (κ2) is 9.70. The number of likely N-dealkylation sites (tertiary alicyclic amines) is 1. The molecule has 1 saturated heterocycles. The minimum absolute atomic E-state index is 0.0250. The van der Waals surface area contributed by atoms with Crippen LogP contribution in [0.4, 0.5) is 0 Å². The molecule has 1 N–H and O–H groups in total. The average molecular weight is 365 g/mol. The maximum absolute atomic E-state index is 12.1. The number of piperidine rings is 1. The van der Waals surface area contributed by atoms with Crippen molar-refractivity contribution in [3.8, 4) is 0 Å². The third kappa shape index (κ3) is 6.21. The van der Waals surface area contributed by atoms with Crippen LogP contribution in [0.5, 0.6) is 0 Å². The Balaban J connectivity index is 1.44. The Morgan fingerprint density at radius 3 is 2.30 bits per heavy atom. The van der Waals surface area contributed by atoms with Crippen molar-refractivity contribution in [2.75, 3.05) is 19.6 Å². The number of carbonyl (C=O) groups excluding carboxylic acids is 1. The van der Waals surface area contributed by atoms with Gasteiger partial charge in [-0.2, -0.15) is 0 Å². The quantitative estimate of drug-likeness (QED) is 0.783. The molecule has 1 aliphatic heterocycles. The highest BCUT2D eigenvalue weighted by Gasteiger charge is 2.19. The fraction of sp³-hybridized carbons (Fsp3) is 0.458. The molecule has 3 heteroatoms. The molecule has 3 nitrogen and oxygen atoms in total. The number of nitrogens with zero attached hydrogens (tertiary/aromatic N) is 1. The molecular weight excluding hydrogens is 332 g/mol. The van der Waals surface area contributed by atoms with Crippen LogP contribution in [0.15, 0.2) is 54.6 Å². The molecule has 0 radical (unpaired) electrons. The van der Waals surface area contributed by atoms with Crippen molar-refractivity contribution >= 4 is 5.91 Å². The molecule has 0 unspecified atom stereocenters. The lowest BCUT2D eigenvalue weighted by atomic mass is 9.90. The Labute approximate surface area is 163 Å². The lowest BCUT2D eigenvalue weighted by Crippen LogP contribution is -2.33. The normalized spacial score (nSPS) is 15.8. The molecule has 1 amide bonds. The molecule has 0 aromatic heterocycles. The highest BCUT2D eigenvalue weighted by Crippen LogP contribution is 2.23. The second-order valence-corrected chi connectivity index (χ2v) is 8.21. The third-order valence-corrected chi connectivity index (χ3v) is 5.37. The van der Waals surface area contributed by atoms with Gasteiger partial charge < -0.3 is 5.32 Å². The summed E-state index contributed by atoms with van der Waals surface area (Å²) in [6, 6.07) is 18.9. The van der Waals surface area contributed by atoms with E-state index >= 15 is 0 Å². The zero-order valence-corrected chi connectivity index (χ0v) is 16.7. The summed E-state index contributed by atoms with van der Waals surface area (Å²) in [5.74, 6) is 1.30. The van der Waals surface area contributed by atoms with Crippen LogP contribution in [0, 0.1) is 11.8 Å². The van der Waals surface area contributed by atoms with E-state index in [1.165, 1.54) is 30.4 Å². The van der Waals surface area contributed by atoms with E-state index in [-0.39, 0.29) is 5.91 Å². The standard InChI is InChI=1S/C24H32N2O/c1-19(2)17-25-24(27)23-10-8-22(9-11-23)18-26-14-12-21(13-15-26)16-20-6-4-3-5-7-20/h3-11,19,21H,12-18H2,1-2H3,(H,25,27). The first-order valence-corrected chi connectivity index (χ1v) is 10.2. The van der Waals surface area contributed by atoms with Gasteiger partial charge in [0.2, 0.25) is 0 Å². The van der Waals surface area contributed by atoms with Crippen molar-refractivity contribution in [3.63, 3.8) is 0 Å². The van der Waals surface area contributed by atoms with Gasteiger partial charge in [0.1, 0.15) is 0 Å². The van der Waals surface area contributed by atoms with Crippen LogP contribution in [0.3, 0.4) is 0 Å². The summed E-state index contributed by atoms with van der Waals surface area (Å²) >= 11 is 0. The van der Waals surface area contributed by atoms with Crippen molar-refractivity contribution < 1.29 is 4.79 Å². The molecular formula is C24H32N2O. The number of carbonyl (C=O) groups is 1. The van der Waals surface area contributed by atoms with Gasteiger partial charge in [-0.05, 0) is 67.4 Å². The van der Waals surface area contributed by atoms with Gasteiger partial charge in [-0.25, -0.2) is 0 Å². The predicted octanol–water partition coefficient (Wildman–Crippen LogP) is 4.53. The van der Waals surface area contributed by atoms with Gasteiger partial charge in [0.25, 0.3) is 5.91 Å². The van der Waals surface area contributed by atoms with E-state index in [0.717, 1.165) is 37.7 Å². The number of benzene rings is 2. The smallest absolute Gasteiger partial charge is 0.251 e. The van der Waals surface area contributed by atoms with E-state index < -0.39 is 0 Å². The summed E-state index contributed by atoms with van der Waals surface area (Å²) in [4.78, 5) is 14.7. The van der Waals surface area contributed by atoms with Crippen molar-refractivity contribution in [3.05, 3.63) is 71.3 Å². The fourth-order valence-corrected chi connectivity index (χ4v) is 3.71. The van der Waals surface area contributed by atoms with E-state index in [9.17, 15) is 4.79 Å². The molecule has 0 saturated carbocycles. The molecule has 1 heterocycles. The molecule has 0 bridgehead atoms. The lowest BCUT2D eigenvalue weighted by Gasteiger charge is -2.32. The SMILES string of the molecule is CC(C)CNC(=O)c1ccc(CN2CCC(Cc3ccccc3)CC2)cc1. The first-order valence-electron chi connectivity index (χ1n) is 10.2. The number of rotatable bonds is 7. The van der Waals surface area contributed by atoms with E-state index in [0.29, 0.717) is 5.92 Å². The zero-order chi connectivity index (χ0) is 19.1. The molecule has 144 valence electrons. The predicted molar refractivity (Wildman–Crippen MR) is 112 cm³/mol. The van der Waals surface area contributed by atoms with Crippen molar-refractivity contribution in [1.82, 2.24) is 10.2 Å². The molecule has 0 aliphatic carbocycles. The zero-order valence-electron chi connectivity index (χ0n) is 16.7. The van der Waals surface area contributed by atoms with Crippen molar-refractivity contribution in [2.24, 2.45) is 11.8 Å². The molecule has 2 aromatic carbocycles. The van der Waals surface area contributed by atoms with Crippen LogP contribution >= 0.6 is 0 Å². The number of hydrogen-bond acceptors (Lipinski definition) is 2. The number of hydrogen-bond donors (Lipinski definition) is 1. The topological polar surface area (TPSA) is 32.3 Å². The van der Waals surface area contributed by atoms with Crippen LogP contribution in [0.2, 0.25) is 0 Å². The fourth-order valence-electron chi connectivity index (χ4n) is 3.71. The summed E-state index contributed by atoms with van der Waals surface area (Å²) in [5.41, 5.74) is 3.50. The van der Waals surface area contributed by atoms with Gasteiger partial charge in [-0.15, -0.1) is 0 Å². The Morgan fingerprint density at radius 1 is 1.00 bits per heavy atom. The van der Waals surface area contributed by atoms with E-state index in [1.807, 2.05) is 12.1 Å². The Morgan fingerprint density at radius 2 is 1.67 bits per heavy atom. The highest BCUT2D eigenvalue weighted by molar-refractivity contribution is 5.94. The summed E-state index contributed by atoms with van der Waals surface area (Å²) in [6.07, 6.45) is 3.74. The number of nitrogens with one attached hydrogen (secondary N) is 1. The van der Waals surface area contributed by atoms with Crippen molar-refractivity contribution in [1.29, 1.82) is 0 Å². The molecule has 1 aliphatic rings. The first-order chi connectivity index (χ1) is 13.1. The molecule has 3 rings (SSSR count). The lowest BCUT2D eigenvalue weighted by molar-refractivity contribution is 0.0949. The molecule has 2 aromatic rings. The summed E-state index contributed by atoms with van der Waals surface area (Å²) in [6.45, 7) is 8.23. The Kier molecular flexibility index (Phi) is 7.05. The van der Waals surface area contributed by atoms with E-state index in [1.54, 1.807) is 0 Å². The van der Waals surface area contributed by atoms with Gasteiger partial charge in [-0.1, -0.05) is 56.3 Å². The van der Waals surface area contributed by atoms with Crippen LogP contribution in [-0.2, 0) is 13.0 Å². The Hall–Kier alpha value is -2.13. The average Bonchev–Trinajstić information content (AvgIpc) is 2.69. The van der Waals surface area contributed by atoms with Gasteiger partial charge in [0.15, 0.2) is 0 Å². The largest absolute Gasteiger partial charge is 0.352 e. The van der Waals surface area contributed by atoms with Crippen LogP contribution < -0.4 is 5.32 Å². The third-order valence-electron chi connectivity index (χ3n) is 5.37. The van der Waals surface area contributed by atoms with E-state index in [4.69, 9.17) is 0 Å². The molecule has 0 spiro atoms.